The van der Waals surface area contributed by atoms with Crippen LogP contribution >= 0.6 is 11.6 Å². The molecule has 17 heteroatoms. The smallest absolute Gasteiger partial charge is 0.407 e. The van der Waals surface area contributed by atoms with E-state index in [1.807, 2.05) is 0 Å². The van der Waals surface area contributed by atoms with Gasteiger partial charge in [0, 0.05) is 36.0 Å². The molecule has 0 aliphatic carbocycles. The molecule has 284 valence electrons. The molecule has 3 N–H and O–H groups in total. The summed E-state index contributed by atoms with van der Waals surface area (Å²) in [4.78, 5) is 60.4. The van der Waals surface area contributed by atoms with Crippen LogP contribution < -0.4 is 26.7 Å². The number of hydrogen-bond donors (Lipinski definition) is 3. The summed E-state index contributed by atoms with van der Waals surface area (Å²) < 4.78 is 55.1. The Labute approximate surface area is 311 Å². The molecule has 0 unspecified atom stereocenters. The number of aromatic nitrogens is 4. The summed E-state index contributed by atoms with van der Waals surface area (Å²) in [5, 5.41) is 15.6. The number of nitrogens with zero attached hydrogens (tertiary/aromatic N) is 4. The fourth-order valence-electron chi connectivity index (χ4n) is 5.71. The number of ether oxygens (including phenoxy) is 2. The maximum Gasteiger partial charge on any atom is 0.407 e. The molecule has 0 bridgehead atoms. The first kappa shape index (κ1) is 39.3. The van der Waals surface area contributed by atoms with Gasteiger partial charge in [0.2, 0.25) is 5.95 Å². The molecule has 54 heavy (non-hydrogen) atoms. The minimum Gasteiger partial charge on any atom is -0.497 e. The van der Waals surface area contributed by atoms with Gasteiger partial charge in [0.1, 0.15) is 11.4 Å². The molecule has 2 aromatic heterocycles. The van der Waals surface area contributed by atoms with E-state index in [1.54, 1.807) is 45.0 Å². The van der Waals surface area contributed by atoms with Crippen LogP contribution in [0.25, 0.3) is 16.5 Å². The minimum atomic E-state index is -1.71. The van der Waals surface area contributed by atoms with Crippen LogP contribution in [0.5, 0.6) is 5.75 Å². The number of rotatable bonds is 13. The summed E-state index contributed by atoms with van der Waals surface area (Å²) in [7, 11) is 1.42. The molecule has 0 spiro atoms. The molecule has 3 aromatic carbocycles. The number of carbonyl (C=O) groups is 2. The number of methoxy groups -OCH3 is 1. The number of nitrogens with one attached hydrogen (secondary N) is 2. The van der Waals surface area contributed by atoms with Crippen LogP contribution in [0.1, 0.15) is 56.7 Å². The lowest BCUT2D eigenvalue weighted by Gasteiger charge is -2.20. The zero-order valence-corrected chi connectivity index (χ0v) is 30.4. The van der Waals surface area contributed by atoms with Crippen molar-refractivity contribution in [3.63, 3.8) is 0 Å². The van der Waals surface area contributed by atoms with Crippen molar-refractivity contribution in [1.82, 2.24) is 24.4 Å². The van der Waals surface area contributed by atoms with E-state index in [2.05, 4.69) is 20.6 Å². The Balaban J connectivity index is 1.68. The Hall–Kier alpha value is -5.90. The van der Waals surface area contributed by atoms with Gasteiger partial charge < -0.3 is 25.2 Å². The van der Waals surface area contributed by atoms with E-state index in [9.17, 15) is 32.3 Å². The number of alkyl carbamates (subject to hydrolysis) is 1. The standard InChI is InChI=1S/C37H36ClF3N6O7/c1-37(2,3)54-35(51)43-17-23-10-7-9-22-16-42-18-28(30(22)23)47-34(50)45-33(46(36(47)52)19-20-12-26(39)31(41)27(40)13-20)44-32-21(8-5-6-11-29(48)49)14-24(53-4)15-25(32)38/h7,9-10,12-16,18H,5-6,8,11,17,19H2,1-4H3,(H,43,51)(H,48,49)(H,44,45,50). The Bertz CT molecular complexity index is 2330. The second-order valence-electron chi connectivity index (χ2n) is 13.2. The van der Waals surface area contributed by atoms with Crippen LogP contribution in [0, 0.1) is 17.5 Å². The van der Waals surface area contributed by atoms with Crippen LogP contribution in [0.15, 0.2) is 64.4 Å². The normalized spacial score (nSPS) is 11.4. The van der Waals surface area contributed by atoms with E-state index >= 15 is 0 Å². The van der Waals surface area contributed by atoms with E-state index < -0.39 is 53.0 Å². The number of hydrogen-bond acceptors (Lipinski definition) is 9. The molecular weight excluding hydrogens is 733 g/mol. The molecule has 5 rings (SSSR count). The number of carbonyl (C=O) groups excluding carboxylic acids is 1. The van der Waals surface area contributed by atoms with Crippen molar-refractivity contribution in [2.45, 2.75) is 65.1 Å². The van der Waals surface area contributed by atoms with E-state index in [1.165, 1.54) is 25.6 Å². The third-order valence-electron chi connectivity index (χ3n) is 8.07. The number of pyridine rings is 1. The second kappa shape index (κ2) is 16.4. The van der Waals surface area contributed by atoms with Crippen molar-refractivity contribution in [2.75, 3.05) is 12.4 Å². The zero-order valence-electron chi connectivity index (χ0n) is 29.6. The van der Waals surface area contributed by atoms with E-state index in [4.69, 9.17) is 26.2 Å². The quantitative estimate of drug-likeness (QED) is 0.0874. The highest BCUT2D eigenvalue weighted by atomic mass is 35.5. The molecule has 0 aliphatic heterocycles. The Kier molecular flexibility index (Phi) is 11.9. The molecule has 0 atom stereocenters. The van der Waals surface area contributed by atoms with E-state index in [0.717, 1.165) is 9.13 Å². The lowest BCUT2D eigenvalue weighted by molar-refractivity contribution is -0.137. The minimum absolute atomic E-state index is 0.0186. The largest absolute Gasteiger partial charge is 0.497 e. The van der Waals surface area contributed by atoms with Crippen LogP contribution in [-0.4, -0.2) is 49.0 Å². The van der Waals surface area contributed by atoms with Crippen molar-refractivity contribution in [3.8, 4) is 11.4 Å². The molecule has 5 aromatic rings. The summed E-state index contributed by atoms with van der Waals surface area (Å²) in [5.41, 5.74) is -1.88. The molecule has 2 heterocycles. The summed E-state index contributed by atoms with van der Waals surface area (Å²) >= 11 is 6.65. The van der Waals surface area contributed by atoms with Crippen LogP contribution in [0.2, 0.25) is 5.02 Å². The number of unbranched alkanes of at least 4 members (excludes halogenated alkanes) is 1. The number of anilines is 2. The van der Waals surface area contributed by atoms with Gasteiger partial charge in [0.25, 0.3) is 0 Å². The number of carboxylic acids is 1. The Morgan fingerprint density at radius 3 is 2.39 bits per heavy atom. The topological polar surface area (TPSA) is 167 Å². The molecule has 1 amide bonds. The predicted octanol–water partition coefficient (Wildman–Crippen LogP) is 6.64. The van der Waals surface area contributed by atoms with Gasteiger partial charge in [0.05, 0.1) is 36.2 Å². The van der Waals surface area contributed by atoms with E-state index in [-0.39, 0.29) is 40.9 Å². The highest BCUT2D eigenvalue weighted by Gasteiger charge is 2.23. The second-order valence-corrected chi connectivity index (χ2v) is 13.6. The van der Waals surface area contributed by atoms with Crippen molar-refractivity contribution in [3.05, 3.63) is 115 Å². The number of aliphatic carboxylic acids is 1. The number of benzene rings is 3. The summed E-state index contributed by atoms with van der Waals surface area (Å²) in [6.45, 7) is 4.45. The molecule has 0 radical (unpaired) electrons. The zero-order chi connectivity index (χ0) is 39.3. The average molecular weight is 769 g/mol. The maximum atomic E-state index is 14.5. The molecular formula is C37H36ClF3N6O7. The van der Waals surface area contributed by atoms with Crippen molar-refractivity contribution in [1.29, 1.82) is 0 Å². The summed E-state index contributed by atoms with van der Waals surface area (Å²) in [5.74, 6) is -5.69. The SMILES string of the molecule is COc1cc(Cl)c(Nc2nc(=O)n(-c3cncc4cccc(CNC(=O)OC(C)(C)C)c34)c(=O)n2Cc2cc(F)c(F)c(F)c2)c(CCCCC(=O)O)c1. The highest BCUT2D eigenvalue weighted by Crippen LogP contribution is 2.34. The molecule has 13 nitrogen and oxygen atoms in total. The lowest BCUT2D eigenvalue weighted by atomic mass is 10.0. The number of carboxylic acid groups (broad SMARTS) is 1. The predicted molar refractivity (Wildman–Crippen MR) is 194 cm³/mol. The molecule has 0 aliphatic rings. The van der Waals surface area contributed by atoms with Gasteiger partial charge in [-0.2, -0.15) is 4.98 Å². The molecule has 0 fully saturated rings. The van der Waals surface area contributed by atoms with Crippen molar-refractivity contribution < 1.29 is 37.3 Å². The van der Waals surface area contributed by atoms with Crippen LogP contribution in [-0.2, 0) is 29.0 Å². The summed E-state index contributed by atoms with van der Waals surface area (Å²) in [6, 6.07) is 9.57. The maximum absolute atomic E-state index is 14.5. The Morgan fingerprint density at radius 2 is 1.72 bits per heavy atom. The van der Waals surface area contributed by atoms with Gasteiger partial charge >= 0.3 is 23.4 Å². The average Bonchev–Trinajstić information content (AvgIpc) is 3.09. The van der Waals surface area contributed by atoms with Gasteiger partial charge in [-0.3, -0.25) is 14.3 Å². The van der Waals surface area contributed by atoms with Gasteiger partial charge in [0.15, 0.2) is 17.5 Å². The third-order valence-corrected chi connectivity index (χ3v) is 8.37. The summed E-state index contributed by atoms with van der Waals surface area (Å²) in [6.07, 6.45) is 3.02. The fraction of sp³-hybridized carbons (Fsp3) is 0.297. The number of halogens is 4. The van der Waals surface area contributed by atoms with Gasteiger partial charge in [-0.05, 0) is 74.9 Å². The number of amides is 1. The number of aryl methyl sites for hydroxylation is 1. The van der Waals surface area contributed by atoms with Crippen molar-refractivity contribution in [2.24, 2.45) is 0 Å². The number of fused-ring (bicyclic) bond motifs is 1. The van der Waals surface area contributed by atoms with Crippen molar-refractivity contribution >= 4 is 46.1 Å². The van der Waals surface area contributed by atoms with Crippen LogP contribution in [0.3, 0.4) is 0 Å². The van der Waals surface area contributed by atoms with Gasteiger partial charge in [-0.1, -0.05) is 29.8 Å². The van der Waals surface area contributed by atoms with Gasteiger partial charge in [-0.15, -0.1) is 0 Å². The van der Waals surface area contributed by atoms with Crippen LogP contribution in [0.4, 0.5) is 29.6 Å². The highest BCUT2D eigenvalue weighted by molar-refractivity contribution is 6.33. The first-order valence-electron chi connectivity index (χ1n) is 16.6. The first-order valence-corrected chi connectivity index (χ1v) is 17.0. The van der Waals surface area contributed by atoms with Gasteiger partial charge in [-0.25, -0.2) is 32.1 Å². The monoisotopic (exact) mass is 768 g/mol. The fourth-order valence-corrected chi connectivity index (χ4v) is 5.98. The first-order chi connectivity index (χ1) is 25.6. The molecule has 0 saturated heterocycles. The lowest BCUT2D eigenvalue weighted by Crippen LogP contribution is -2.42. The Morgan fingerprint density at radius 1 is 1.00 bits per heavy atom. The molecule has 0 saturated carbocycles. The van der Waals surface area contributed by atoms with E-state index in [0.29, 0.717) is 59.0 Å². The third kappa shape index (κ3) is 9.17.